The lowest BCUT2D eigenvalue weighted by Crippen LogP contribution is -2.44. The maximum atomic E-state index is 13.2. The molecule has 1 unspecified atom stereocenters. The van der Waals surface area contributed by atoms with Crippen molar-refractivity contribution >= 4 is 17.8 Å². The van der Waals surface area contributed by atoms with E-state index in [1.54, 1.807) is 6.92 Å². The SMILES string of the molecule is CCCC(=O)NCC1CCCN(C(=O)c2[nH]c(C)c(C(=O)OC)c2CCC)C1. The van der Waals surface area contributed by atoms with E-state index in [2.05, 4.69) is 10.3 Å². The molecule has 7 heteroatoms. The molecule has 1 aromatic heterocycles. The van der Waals surface area contributed by atoms with Crippen LogP contribution in [0.1, 0.15) is 78.1 Å². The molecule has 0 aromatic carbocycles. The third-order valence-electron chi connectivity index (χ3n) is 5.27. The predicted molar refractivity (Wildman–Crippen MR) is 107 cm³/mol. The Kier molecular flexibility index (Phi) is 8.08. The standard InChI is InChI=1S/C21H33N3O4/c1-5-8-16-18(21(27)28-4)14(3)23-19(16)20(26)24-11-7-10-15(13-24)12-22-17(25)9-6-2/h15,23H,5-13H2,1-4H3,(H,22,25). The molecule has 0 saturated carbocycles. The number of hydrogen-bond acceptors (Lipinski definition) is 4. The van der Waals surface area contributed by atoms with Gasteiger partial charge in [0.25, 0.3) is 5.91 Å². The van der Waals surface area contributed by atoms with E-state index in [-0.39, 0.29) is 17.7 Å². The number of carbonyl (C=O) groups is 3. The summed E-state index contributed by atoms with van der Waals surface area (Å²) in [6, 6.07) is 0. The molecule has 0 radical (unpaired) electrons. The van der Waals surface area contributed by atoms with Crippen molar-refractivity contribution in [2.45, 2.75) is 59.3 Å². The average molecular weight is 392 g/mol. The highest BCUT2D eigenvalue weighted by molar-refractivity contribution is 6.00. The Hall–Kier alpha value is -2.31. The van der Waals surface area contributed by atoms with Crippen molar-refractivity contribution in [3.05, 3.63) is 22.5 Å². The van der Waals surface area contributed by atoms with Gasteiger partial charge in [-0.25, -0.2) is 4.79 Å². The fraction of sp³-hybridized carbons (Fsp3) is 0.667. The molecule has 156 valence electrons. The average Bonchev–Trinajstić information content (AvgIpc) is 3.02. The third-order valence-corrected chi connectivity index (χ3v) is 5.27. The smallest absolute Gasteiger partial charge is 0.339 e. The van der Waals surface area contributed by atoms with Crippen molar-refractivity contribution in [3.8, 4) is 0 Å². The number of carbonyl (C=O) groups excluding carboxylic acids is 3. The van der Waals surface area contributed by atoms with Crippen LogP contribution < -0.4 is 5.32 Å². The molecule has 2 heterocycles. The molecule has 28 heavy (non-hydrogen) atoms. The minimum absolute atomic E-state index is 0.0684. The monoisotopic (exact) mass is 391 g/mol. The zero-order valence-electron chi connectivity index (χ0n) is 17.5. The molecule has 1 aromatic rings. The van der Waals surface area contributed by atoms with Gasteiger partial charge in [0.1, 0.15) is 5.69 Å². The summed E-state index contributed by atoms with van der Waals surface area (Å²) in [5, 5.41) is 2.97. The van der Waals surface area contributed by atoms with Gasteiger partial charge >= 0.3 is 5.97 Å². The summed E-state index contributed by atoms with van der Waals surface area (Å²) >= 11 is 0. The van der Waals surface area contributed by atoms with E-state index < -0.39 is 5.97 Å². The molecule has 1 saturated heterocycles. The molecular formula is C21H33N3O4. The number of aryl methyl sites for hydroxylation is 1. The van der Waals surface area contributed by atoms with Gasteiger partial charge in [-0.15, -0.1) is 0 Å². The normalized spacial score (nSPS) is 16.7. The molecule has 1 aliphatic rings. The van der Waals surface area contributed by atoms with E-state index in [0.29, 0.717) is 49.4 Å². The number of ether oxygens (including phenoxy) is 1. The van der Waals surface area contributed by atoms with Gasteiger partial charge in [0.05, 0.1) is 12.7 Å². The van der Waals surface area contributed by atoms with Crippen LogP contribution in [0.2, 0.25) is 0 Å². The van der Waals surface area contributed by atoms with Gasteiger partial charge in [-0.05, 0) is 44.1 Å². The summed E-state index contributed by atoms with van der Waals surface area (Å²) in [7, 11) is 1.36. The Balaban J connectivity index is 2.14. The second-order valence-electron chi connectivity index (χ2n) is 7.53. The third kappa shape index (κ3) is 5.14. The number of piperidine rings is 1. The van der Waals surface area contributed by atoms with Gasteiger partial charge in [0.2, 0.25) is 5.91 Å². The Morgan fingerprint density at radius 2 is 2.00 bits per heavy atom. The maximum absolute atomic E-state index is 13.2. The number of rotatable bonds is 8. The number of aromatic nitrogens is 1. The van der Waals surface area contributed by atoms with Gasteiger partial charge in [-0.2, -0.15) is 0 Å². The lowest BCUT2D eigenvalue weighted by molar-refractivity contribution is -0.121. The molecule has 2 N–H and O–H groups in total. The first-order valence-electron chi connectivity index (χ1n) is 10.3. The fourth-order valence-electron chi connectivity index (χ4n) is 3.89. The van der Waals surface area contributed by atoms with Crippen molar-refractivity contribution in [2.75, 3.05) is 26.7 Å². The van der Waals surface area contributed by atoms with Crippen LogP contribution in [0.25, 0.3) is 0 Å². The van der Waals surface area contributed by atoms with E-state index in [0.717, 1.165) is 31.2 Å². The molecule has 0 aliphatic carbocycles. The van der Waals surface area contributed by atoms with Crippen molar-refractivity contribution < 1.29 is 19.1 Å². The highest BCUT2D eigenvalue weighted by Gasteiger charge is 2.30. The number of likely N-dealkylation sites (tertiary alicyclic amines) is 1. The number of H-pyrrole nitrogens is 1. The number of hydrogen-bond donors (Lipinski definition) is 2. The number of nitrogens with one attached hydrogen (secondary N) is 2. The van der Waals surface area contributed by atoms with Gasteiger partial charge in [0, 0.05) is 31.7 Å². The minimum atomic E-state index is -0.411. The first-order valence-corrected chi connectivity index (χ1v) is 10.3. The number of nitrogens with zero attached hydrogens (tertiary/aromatic N) is 1. The van der Waals surface area contributed by atoms with Gasteiger partial charge in [0.15, 0.2) is 0 Å². The quantitative estimate of drug-likeness (QED) is 0.667. The Morgan fingerprint density at radius 3 is 2.64 bits per heavy atom. The molecule has 0 spiro atoms. The van der Waals surface area contributed by atoms with Crippen molar-refractivity contribution in [1.82, 2.24) is 15.2 Å². The molecule has 7 nitrogen and oxygen atoms in total. The molecule has 2 rings (SSSR count). The topological polar surface area (TPSA) is 91.5 Å². The summed E-state index contributed by atoms with van der Waals surface area (Å²) < 4.78 is 4.91. The van der Waals surface area contributed by atoms with Crippen LogP contribution in [0, 0.1) is 12.8 Å². The van der Waals surface area contributed by atoms with Crippen molar-refractivity contribution in [2.24, 2.45) is 5.92 Å². The second-order valence-corrected chi connectivity index (χ2v) is 7.53. The van der Waals surface area contributed by atoms with Gasteiger partial charge in [-0.1, -0.05) is 20.3 Å². The van der Waals surface area contributed by atoms with E-state index in [1.165, 1.54) is 7.11 Å². The summed E-state index contributed by atoms with van der Waals surface area (Å²) in [4.78, 5) is 42.1. The van der Waals surface area contributed by atoms with E-state index in [9.17, 15) is 14.4 Å². The summed E-state index contributed by atoms with van der Waals surface area (Å²) in [6.07, 6.45) is 4.74. The van der Waals surface area contributed by atoms with Crippen molar-refractivity contribution in [1.29, 1.82) is 0 Å². The molecule has 1 atom stereocenters. The highest BCUT2D eigenvalue weighted by Crippen LogP contribution is 2.25. The Morgan fingerprint density at radius 1 is 1.25 bits per heavy atom. The Bertz CT molecular complexity index is 711. The zero-order valence-corrected chi connectivity index (χ0v) is 17.5. The fourth-order valence-corrected chi connectivity index (χ4v) is 3.89. The van der Waals surface area contributed by atoms with Crippen LogP contribution in [0.15, 0.2) is 0 Å². The Labute approximate surface area is 167 Å². The van der Waals surface area contributed by atoms with Crippen LogP contribution in [0.4, 0.5) is 0 Å². The highest BCUT2D eigenvalue weighted by atomic mass is 16.5. The number of amides is 2. The molecular weight excluding hydrogens is 358 g/mol. The van der Waals surface area contributed by atoms with Crippen LogP contribution in [0.3, 0.4) is 0 Å². The van der Waals surface area contributed by atoms with Crippen LogP contribution >= 0.6 is 0 Å². The summed E-state index contributed by atoms with van der Waals surface area (Å²) in [5.74, 6) is -0.166. The first kappa shape index (κ1) is 22.0. The molecule has 1 fully saturated rings. The van der Waals surface area contributed by atoms with Crippen molar-refractivity contribution in [3.63, 3.8) is 0 Å². The zero-order chi connectivity index (χ0) is 20.7. The predicted octanol–water partition coefficient (Wildman–Crippen LogP) is 2.83. The largest absolute Gasteiger partial charge is 0.465 e. The van der Waals surface area contributed by atoms with Gasteiger partial charge < -0.3 is 19.9 Å². The molecule has 1 aliphatic heterocycles. The van der Waals surface area contributed by atoms with E-state index in [1.807, 2.05) is 18.7 Å². The number of esters is 1. The summed E-state index contributed by atoms with van der Waals surface area (Å²) in [6.45, 7) is 7.70. The number of methoxy groups -OCH3 is 1. The van der Waals surface area contributed by atoms with Gasteiger partial charge in [-0.3, -0.25) is 9.59 Å². The summed E-state index contributed by atoms with van der Waals surface area (Å²) in [5.41, 5.74) is 2.39. The van der Waals surface area contributed by atoms with E-state index in [4.69, 9.17) is 4.74 Å². The maximum Gasteiger partial charge on any atom is 0.339 e. The lowest BCUT2D eigenvalue weighted by Gasteiger charge is -2.33. The second kappa shape index (κ2) is 10.3. The number of aromatic amines is 1. The van der Waals surface area contributed by atoms with Crippen LogP contribution in [-0.2, 0) is 16.0 Å². The lowest BCUT2D eigenvalue weighted by atomic mass is 9.96. The van der Waals surface area contributed by atoms with Crippen LogP contribution in [0.5, 0.6) is 0 Å². The molecule has 2 amide bonds. The molecule has 0 bridgehead atoms. The minimum Gasteiger partial charge on any atom is -0.465 e. The van der Waals surface area contributed by atoms with Crippen LogP contribution in [-0.4, -0.2) is 54.4 Å². The first-order chi connectivity index (χ1) is 13.4. The van der Waals surface area contributed by atoms with E-state index >= 15 is 0 Å².